The molecule has 20 heavy (non-hydrogen) atoms. The average Bonchev–Trinajstić information content (AvgIpc) is 2.41. The highest BCUT2D eigenvalue weighted by molar-refractivity contribution is 6.30. The monoisotopic (exact) mass is 286 g/mol. The summed E-state index contributed by atoms with van der Waals surface area (Å²) >= 11 is 5.77. The third-order valence-corrected chi connectivity index (χ3v) is 2.89. The van der Waals surface area contributed by atoms with Gasteiger partial charge in [-0.1, -0.05) is 41.4 Å². The number of rotatable bonds is 3. The highest BCUT2D eigenvalue weighted by atomic mass is 35.5. The first-order valence-electron chi connectivity index (χ1n) is 6.20. The summed E-state index contributed by atoms with van der Waals surface area (Å²) in [5, 5.41) is 5.99. The van der Waals surface area contributed by atoms with Crippen LogP contribution < -0.4 is 10.6 Å². The maximum Gasteiger partial charge on any atom is 0.323 e. The summed E-state index contributed by atoms with van der Waals surface area (Å²) in [6.07, 6.45) is 3.45. The molecule has 0 unspecified atom stereocenters. The van der Waals surface area contributed by atoms with Gasteiger partial charge in [-0.15, -0.1) is 0 Å². The number of hydrogen-bond acceptors (Lipinski definition) is 1. The number of anilines is 1. The number of halogens is 1. The van der Waals surface area contributed by atoms with Crippen LogP contribution in [0.4, 0.5) is 10.5 Å². The van der Waals surface area contributed by atoms with E-state index in [9.17, 15) is 4.79 Å². The molecule has 2 rings (SSSR count). The molecule has 102 valence electrons. The Morgan fingerprint density at radius 2 is 1.90 bits per heavy atom. The zero-order valence-corrected chi connectivity index (χ0v) is 11.8. The molecule has 0 aromatic heterocycles. The van der Waals surface area contributed by atoms with E-state index in [1.165, 1.54) is 5.56 Å². The molecule has 2 aromatic rings. The predicted molar refractivity (Wildman–Crippen MR) is 83.8 cm³/mol. The fourth-order valence-corrected chi connectivity index (χ4v) is 1.81. The summed E-state index contributed by atoms with van der Waals surface area (Å²) in [4.78, 5) is 11.6. The second-order valence-electron chi connectivity index (χ2n) is 4.35. The minimum Gasteiger partial charge on any atom is -0.314 e. The van der Waals surface area contributed by atoms with Gasteiger partial charge in [0.05, 0.1) is 0 Å². The zero-order chi connectivity index (χ0) is 14.4. The van der Waals surface area contributed by atoms with E-state index in [4.69, 9.17) is 11.6 Å². The first-order valence-corrected chi connectivity index (χ1v) is 6.57. The molecule has 0 spiro atoms. The first-order chi connectivity index (χ1) is 9.63. The average molecular weight is 287 g/mol. The summed E-state index contributed by atoms with van der Waals surface area (Å²) in [5.74, 6) is 0. The lowest BCUT2D eigenvalue weighted by Gasteiger charge is -2.04. The van der Waals surface area contributed by atoms with E-state index < -0.39 is 0 Å². The SMILES string of the molecule is Cc1cccc(/C=C/NC(=O)Nc2ccc(Cl)cc2)c1. The molecule has 2 N–H and O–H groups in total. The van der Waals surface area contributed by atoms with Gasteiger partial charge in [0.2, 0.25) is 0 Å². The molecule has 0 radical (unpaired) electrons. The molecule has 0 fully saturated rings. The zero-order valence-electron chi connectivity index (χ0n) is 11.1. The van der Waals surface area contributed by atoms with Crippen LogP contribution in [0, 0.1) is 6.92 Å². The van der Waals surface area contributed by atoms with Gasteiger partial charge in [0.1, 0.15) is 0 Å². The summed E-state index contributed by atoms with van der Waals surface area (Å²) < 4.78 is 0. The lowest BCUT2D eigenvalue weighted by atomic mass is 10.1. The van der Waals surface area contributed by atoms with Crippen LogP contribution in [0.5, 0.6) is 0 Å². The molecule has 0 atom stereocenters. The lowest BCUT2D eigenvalue weighted by molar-refractivity contribution is 0.255. The van der Waals surface area contributed by atoms with Crippen molar-refractivity contribution in [2.45, 2.75) is 6.92 Å². The normalized spacial score (nSPS) is 10.5. The van der Waals surface area contributed by atoms with E-state index in [1.807, 2.05) is 37.3 Å². The number of hydrogen-bond donors (Lipinski definition) is 2. The van der Waals surface area contributed by atoms with Gasteiger partial charge in [-0.3, -0.25) is 0 Å². The molecule has 0 saturated heterocycles. The van der Waals surface area contributed by atoms with E-state index in [0.29, 0.717) is 10.7 Å². The number of urea groups is 1. The number of carbonyl (C=O) groups is 1. The number of aryl methyl sites for hydroxylation is 1. The maximum absolute atomic E-state index is 11.6. The Balaban J connectivity index is 1.87. The van der Waals surface area contributed by atoms with E-state index in [2.05, 4.69) is 10.6 Å². The van der Waals surface area contributed by atoms with Crippen molar-refractivity contribution in [2.24, 2.45) is 0 Å². The first kappa shape index (κ1) is 14.2. The van der Waals surface area contributed by atoms with Gasteiger partial charge in [-0.05, 0) is 42.8 Å². The lowest BCUT2D eigenvalue weighted by Crippen LogP contribution is -2.23. The molecular formula is C16H15ClN2O. The molecule has 0 saturated carbocycles. The molecule has 0 aliphatic rings. The van der Waals surface area contributed by atoms with Crippen LogP contribution in [0.1, 0.15) is 11.1 Å². The standard InChI is InChI=1S/C16H15ClN2O/c1-12-3-2-4-13(11-12)9-10-18-16(20)19-15-7-5-14(17)6-8-15/h2-11H,1H3,(H2,18,19,20)/b10-9+. The van der Waals surface area contributed by atoms with Gasteiger partial charge in [0.15, 0.2) is 0 Å². The minimum atomic E-state index is -0.295. The molecule has 4 heteroatoms. The second-order valence-corrected chi connectivity index (χ2v) is 4.79. The van der Waals surface area contributed by atoms with Crippen LogP contribution >= 0.6 is 11.6 Å². The summed E-state index contributed by atoms with van der Waals surface area (Å²) in [5.41, 5.74) is 2.91. The maximum atomic E-state index is 11.6. The Morgan fingerprint density at radius 3 is 2.60 bits per heavy atom. The Hall–Kier alpha value is -2.26. The van der Waals surface area contributed by atoms with Crippen molar-refractivity contribution in [3.05, 3.63) is 70.9 Å². The van der Waals surface area contributed by atoms with Crippen LogP contribution in [0.3, 0.4) is 0 Å². The van der Waals surface area contributed by atoms with E-state index in [0.717, 1.165) is 5.56 Å². The molecule has 2 amide bonds. The summed E-state index contributed by atoms with van der Waals surface area (Å²) in [6.45, 7) is 2.03. The summed E-state index contributed by atoms with van der Waals surface area (Å²) in [6, 6.07) is 14.6. The van der Waals surface area contributed by atoms with Gasteiger partial charge >= 0.3 is 6.03 Å². The molecule has 0 aliphatic heterocycles. The topological polar surface area (TPSA) is 41.1 Å². The van der Waals surface area contributed by atoms with Crippen molar-refractivity contribution in [2.75, 3.05) is 5.32 Å². The second kappa shape index (κ2) is 6.78. The number of amides is 2. The van der Waals surface area contributed by atoms with Crippen LogP contribution in [0.2, 0.25) is 5.02 Å². The van der Waals surface area contributed by atoms with Crippen LogP contribution in [-0.4, -0.2) is 6.03 Å². The number of nitrogens with one attached hydrogen (secondary N) is 2. The summed E-state index contributed by atoms with van der Waals surface area (Å²) in [7, 11) is 0. The molecule has 0 heterocycles. The third kappa shape index (κ3) is 4.44. The molecule has 3 nitrogen and oxygen atoms in total. The Morgan fingerprint density at radius 1 is 1.15 bits per heavy atom. The fourth-order valence-electron chi connectivity index (χ4n) is 1.69. The largest absolute Gasteiger partial charge is 0.323 e. The van der Waals surface area contributed by atoms with Gasteiger partial charge in [-0.25, -0.2) is 4.79 Å². The third-order valence-electron chi connectivity index (χ3n) is 2.63. The smallest absolute Gasteiger partial charge is 0.314 e. The van der Waals surface area contributed by atoms with Crippen LogP contribution in [-0.2, 0) is 0 Å². The molecule has 2 aromatic carbocycles. The number of benzene rings is 2. The van der Waals surface area contributed by atoms with Crippen molar-refractivity contribution in [1.29, 1.82) is 0 Å². The molecule has 0 aliphatic carbocycles. The van der Waals surface area contributed by atoms with Gasteiger partial charge in [0.25, 0.3) is 0 Å². The predicted octanol–water partition coefficient (Wildman–Crippen LogP) is 4.44. The Kier molecular flexibility index (Phi) is 4.80. The van der Waals surface area contributed by atoms with E-state index in [-0.39, 0.29) is 6.03 Å². The van der Waals surface area contributed by atoms with Crippen molar-refractivity contribution in [1.82, 2.24) is 5.32 Å². The van der Waals surface area contributed by atoms with Crippen LogP contribution in [0.15, 0.2) is 54.7 Å². The Labute approximate surface area is 123 Å². The van der Waals surface area contributed by atoms with Crippen molar-refractivity contribution < 1.29 is 4.79 Å². The minimum absolute atomic E-state index is 0.295. The van der Waals surface area contributed by atoms with Crippen molar-refractivity contribution in [3.8, 4) is 0 Å². The highest BCUT2D eigenvalue weighted by Crippen LogP contribution is 2.13. The number of carbonyl (C=O) groups excluding carboxylic acids is 1. The van der Waals surface area contributed by atoms with E-state index in [1.54, 1.807) is 30.5 Å². The Bertz CT molecular complexity index is 621. The van der Waals surface area contributed by atoms with Gasteiger partial charge in [-0.2, -0.15) is 0 Å². The van der Waals surface area contributed by atoms with Crippen molar-refractivity contribution in [3.63, 3.8) is 0 Å². The quantitative estimate of drug-likeness (QED) is 0.860. The van der Waals surface area contributed by atoms with Gasteiger partial charge < -0.3 is 10.6 Å². The molecule has 0 bridgehead atoms. The van der Waals surface area contributed by atoms with Crippen molar-refractivity contribution >= 4 is 29.4 Å². The van der Waals surface area contributed by atoms with Crippen LogP contribution in [0.25, 0.3) is 6.08 Å². The molecular weight excluding hydrogens is 272 g/mol. The van der Waals surface area contributed by atoms with E-state index >= 15 is 0 Å². The fraction of sp³-hybridized carbons (Fsp3) is 0.0625. The van der Waals surface area contributed by atoms with Gasteiger partial charge in [0, 0.05) is 16.9 Å². The highest BCUT2D eigenvalue weighted by Gasteiger charge is 1.98.